The number of aryl methyl sites for hydroxylation is 2. The van der Waals surface area contributed by atoms with Crippen molar-refractivity contribution in [3.05, 3.63) is 29.3 Å². The third kappa shape index (κ3) is 2.38. The number of carbonyl (C=O) groups excluding carboxylic acids is 2. The summed E-state index contributed by atoms with van der Waals surface area (Å²) in [6.45, 7) is 3.84. The predicted octanol–water partition coefficient (Wildman–Crippen LogP) is 0.256. The lowest BCUT2D eigenvalue weighted by molar-refractivity contribution is -0.137. The van der Waals surface area contributed by atoms with Gasteiger partial charge in [-0.15, -0.1) is 0 Å². The molecule has 86 valence electrons. The zero-order chi connectivity index (χ0) is 12.3. The first-order chi connectivity index (χ1) is 7.47. The number of amides is 2. The van der Waals surface area contributed by atoms with Crippen molar-refractivity contribution in [1.82, 2.24) is 5.43 Å². The highest BCUT2D eigenvalue weighted by Crippen LogP contribution is 2.19. The zero-order valence-electron chi connectivity index (χ0n) is 9.57. The van der Waals surface area contributed by atoms with Gasteiger partial charge in [0.25, 0.3) is 0 Å². The Hall–Kier alpha value is -1.88. The minimum atomic E-state index is -0.831. The average Bonchev–Trinajstić information content (AvgIpc) is 2.26. The second-order valence-electron chi connectivity index (χ2n) is 3.63. The van der Waals surface area contributed by atoms with Crippen LogP contribution < -0.4 is 16.2 Å². The highest BCUT2D eigenvalue weighted by molar-refractivity contribution is 6.40. The Morgan fingerprint density at radius 1 is 1.31 bits per heavy atom. The van der Waals surface area contributed by atoms with E-state index in [2.05, 4.69) is 0 Å². The Bertz CT molecular complexity index is 429. The van der Waals surface area contributed by atoms with E-state index in [0.29, 0.717) is 5.69 Å². The Labute approximate surface area is 94.2 Å². The number of nitrogens with one attached hydrogen (secondary N) is 1. The second kappa shape index (κ2) is 4.76. The summed E-state index contributed by atoms with van der Waals surface area (Å²) in [6, 6.07) is 5.62. The summed E-state index contributed by atoms with van der Waals surface area (Å²) in [6.07, 6.45) is 0. The standard InChI is InChI=1S/C11H15N3O2/c1-7-4-5-9(8(2)6-7)14(3)11(16)10(15)13-12/h4-6H,12H2,1-3H3,(H,13,15). The van der Waals surface area contributed by atoms with Crippen LogP contribution in [0.3, 0.4) is 0 Å². The van der Waals surface area contributed by atoms with Crippen LogP contribution in [0.25, 0.3) is 0 Å². The summed E-state index contributed by atoms with van der Waals surface area (Å²) in [5.74, 6) is 3.39. The topological polar surface area (TPSA) is 75.4 Å². The quantitative estimate of drug-likeness (QED) is 0.309. The summed E-state index contributed by atoms with van der Waals surface area (Å²) < 4.78 is 0. The van der Waals surface area contributed by atoms with Gasteiger partial charge in [-0.05, 0) is 25.5 Å². The molecule has 0 unspecified atom stereocenters. The summed E-state index contributed by atoms with van der Waals surface area (Å²) in [4.78, 5) is 23.9. The van der Waals surface area contributed by atoms with Crippen LogP contribution in [0.2, 0.25) is 0 Å². The number of nitrogens with two attached hydrogens (primary N) is 1. The molecule has 0 aromatic heterocycles. The fraction of sp³-hybridized carbons (Fsp3) is 0.273. The van der Waals surface area contributed by atoms with Crippen molar-refractivity contribution in [1.29, 1.82) is 0 Å². The molecule has 0 atom stereocenters. The molecule has 1 aromatic rings. The number of hydrogen-bond donors (Lipinski definition) is 2. The van der Waals surface area contributed by atoms with Crippen LogP contribution in [0.15, 0.2) is 18.2 Å². The van der Waals surface area contributed by atoms with Gasteiger partial charge >= 0.3 is 11.8 Å². The average molecular weight is 221 g/mol. The van der Waals surface area contributed by atoms with E-state index in [1.54, 1.807) is 6.07 Å². The van der Waals surface area contributed by atoms with Gasteiger partial charge in [0.15, 0.2) is 0 Å². The molecule has 0 aliphatic carbocycles. The van der Waals surface area contributed by atoms with Gasteiger partial charge in [0.05, 0.1) is 0 Å². The third-order valence-corrected chi connectivity index (χ3v) is 2.34. The van der Waals surface area contributed by atoms with Crippen LogP contribution in [0.5, 0.6) is 0 Å². The monoisotopic (exact) mass is 221 g/mol. The van der Waals surface area contributed by atoms with Crippen LogP contribution in [0, 0.1) is 13.8 Å². The van der Waals surface area contributed by atoms with Crippen LogP contribution in [0.1, 0.15) is 11.1 Å². The van der Waals surface area contributed by atoms with E-state index in [1.165, 1.54) is 11.9 Å². The Morgan fingerprint density at radius 3 is 2.44 bits per heavy atom. The lowest BCUT2D eigenvalue weighted by atomic mass is 10.1. The molecule has 0 aliphatic rings. The fourth-order valence-corrected chi connectivity index (χ4v) is 1.51. The Balaban J connectivity index is 3.01. The lowest BCUT2D eigenvalue weighted by Crippen LogP contribution is -2.44. The van der Waals surface area contributed by atoms with E-state index in [0.717, 1.165) is 11.1 Å². The first kappa shape index (κ1) is 12.2. The second-order valence-corrected chi connectivity index (χ2v) is 3.63. The molecule has 16 heavy (non-hydrogen) atoms. The van der Waals surface area contributed by atoms with Crippen molar-refractivity contribution in [3.63, 3.8) is 0 Å². The van der Waals surface area contributed by atoms with E-state index in [1.807, 2.05) is 31.4 Å². The number of hydrogen-bond acceptors (Lipinski definition) is 3. The molecule has 3 N–H and O–H groups in total. The van der Waals surface area contributed by atoms with Gasteiger partial charge in [0, 0.05) is 12.7 Å². The van der Waals surface area contributed by atoms with Gasteiger partial charge in [0.1, 0.15) is 0 Å². The smallest absolute Gasteiger partial charge is 0.307 e. The molecule has 2 amide bonds. The minimum absolute atomic E-state index is 0.686. The number of anilines is 1. The first-order valence-corrected chi connectivity index (χ1v) is 4.83. The number of nitrogens with zero attached hydrogens (tertiary/aromatic N) is 1. The number of rotatable bonds is 1. The van der Waals surface area contributed by atoms with E-state index in [9.17, 15) is 9.59 Å². The SMILES string of the molecule is Cc1ccc(N(C)C(=O)C(=O)NN)c(C)c1. The van der Waals surface area contributed by atoms with Crippen molar-refractivity contribution in [2.75, 3.05) is 11.9 Å². The van der Waals surface area contributed by atoms with E-state index < -0.39 is 11.8 Å². The molecule has 0 aliphatic heterocycles. The van der Waals surface area contributed by atoms with Crippen molar-refractivity contribution >= 4 is 17.5 Å². The normalized spacial score (nSPS) is 9.75. The number of hydrazine groups is 1. The number of benzene rings is 1. The Kier molecular flexibility index (Phi) is 3.63. The zero-order valence-corrected chi connectivity index (χ0v) is 9.57. The molecule has 0 heterocycles. The molecular weight excluding hydrogens is 206 g/mol. The van der Waals surface area contributed by atoms with Crippen LogP contribution in [-0.4, -0.2) is 18.9 Å². The molecule has 0 saturated carbocycles. The van der Waals surface area contributed by atoms with E-state index in [-0.39, 0.29) is 0 Å². The molecule has 0 saturated heterocycles. The maximum Gasteiger partial charge on any atom is 0.323 e. The molecule has 5 nitrogen and oxygen atoms in total. The molecule has 0 fully saturated rings. The molecule has 0 spiro atoms. The minimum Gasteiger partial charge on any atom is -0.307 e. The molecule has 0 bridgehead atoms. The van der Waals surface area contributed by atoms with Gasteiger partial charge < -0.3 is 4.90 Å². The van der Waals surface area contributed by atoms with Gasteiger partial charge in [-0.3, -0.25) is 15.0 Å². The van der Waals surface area contributed by atoms with Gasteiger partial charge in [-0.25, -0.2) is 5.84 Å². The van der Waals surface area contributed by atoms with E-state index in [4.69, 9.17) is 5.84 Å². The van der Waals surface area contributed by atoms with Gasteiger partial charge in [-0.1, -0.05) is 17.7 Å². The van der Waals surface area contributed by atoms with Crippen LogP contribution >= 0.6 is 0 Å². The van der Waals surface area contributed by atoms with Gasteiger partial charge in [-0.2, -0.15) is 0 Å². The largest absolute Gasteiger partial charge is 0.323 e. The lowest BCUT2D eigenvalue weighted by Gasteiger charge is -2.18. The van der Waals surface area contributed by atoms with Crippen molar-refractivity contribution in [3.8, 4) is 0 Å². The Morgan fingerprint density at radius 2 is 1.94 bits per heavy atom. The predicted molar refractivity (Wildman–Crippen MR) is 61.7 cm³/mol. The van der Waals surface area contributed by atoms with Gasteiger partial charge in [0.2, 0.25) is 0 Å². The summed E-state index contributed by atoms with van der Waals surface area (Å²) >= 11 is 0. The highest BCUT2D eigenvalue weighted by Gasteiger charge is 2.19. The molecular formula is C11H15N3O2. The van der Waals surface area contributed by atoms with Crippen LogP contribution in [0.4, 0.5) is 5.69 Å². The molecule has 1 aromatic carbocycles. The number of carbonyl (C=O) groups is 2. The molecule has 1 rings (SSSR count). The first-order valence-electron chi connectivity index (χ1n) is 4.83. The van der Waals surface area contributed by atoms with Crippen molar-refractivity contribution < 1.29 is 9.59 Å². The van der Waals surface area contributed by atoms with Crippen molar-refractivity contribution in [2.45, 2.75) is 13.8 Å². The van der Waals surface area contributed by atoms with Crippen molar-refractivity contribution in [2.24, 2.45) is 5.84 Å². The fourth-order valence-electron chi connectivity index (χ4n) is 1.51. The molecule has 0 radical (unpaired) electrons. The summed E-state index contributed by atoms with van der Waals surface area (Å²) in [5.41, 5.74) is 4.54. The highest BCUT2D eigenvalue weighted by atomic mass is 16.2. The summed E-state index contributed by atoms with van der Waals surface area (Å²) in [5, 5.41) is 0. The summed E-state index contributed by atoms with van der Waals surface area (Å²) in [7, 11) is 1.54. The molecule has 5 heteroatoms. The maximum absolute atomic E-state index is 11.5. The van der Waals surface area contributed by atoms with Crippen LogP contribution in [-0.2, 0) is 9.59 Å². The third-order valence-electron chi connectivity index (χ3n) is 2.34. The maximum atomic E-state index is 11.5. The van der Waals surface area contributed by atoms with E-state index >= 15 is 0 Å². The number of likely N-dealkylation sites (N-methyl/N-ethyl adjacent to an activating group) is 1.